The van der Waals surface area contributed by atoms with E-state index in [9.17, 15) is 9.90 Å². The molecule has 35 heavy (non-hydrogen) atoms. The molecule has 3 atom stereocenters. The van der Waals surface area contributed by atoms with Gasteiger partial charge in [0.2, 0.25) is 5.95 Å². The summed E-state index contributed by atoms with van der Waals surface area (Å²) in [6, 6.07) is 17.2. The Bertz CT molecular complexity index is 1150. The number of aliphatic hydroxyl groups is 1. The molecule has 3 aromatic rings. The van der Waals surface area contributed by atoms with E-state index in [-0.39, 0.29) is 17.9 Å². The van der Waals surface area contributed by atoms with Gasteiger partial charge in [0.25, 0.3) is 5.91 Å². The monoisotopic (exact) mass is 472 g/mol. The number of piperidine rings is 1. The van der Waals surface area contributed by atoms with Gasteiger partial charge in [-0.2, -0.15) is 0 Å². The molecule has 0 spiro atoms. The summed E-state index contributed by atoms with van der Waals surface area (Å²) in [6.07, 6.45) is 8.57. The first kappa shape index (κ1) is 23.3. The van der Waals surface area contributed by atoms with Crippen LogP contribution in [0.2, 0.25) is 0 Å². The minimum absolute atomic E-state index is 0.00577. The SMILES string of the molecule is COc1ccc(C[C@H]2[C@@H]3CCCC[C@]3(O)CCN2C(=O)c2cccc(Nc3ncccn3)c2)cc1. The molecule has 182 valence electrons. The van der Waals surface area contributed by atoms with Gasteiger partial charge in [0.1, 0.15) is 5.75 Å². The molecule has 2 aliphatic rings. The number of hydrogen-bond donors (Lipinski definition) is 2. The van der Waals surface area contributed by atoms with Crippen LogP contribution in [0.3, 0.4) is 0 Å². The number of ether oxygens (including phenoxy) is 1. The normalized spacial score (nSPS) is 23.9. The van der Waals surface area contributed by atoms with Crippen molar-refractivity contribution in [1.82, 2.24) is 14.9 Å². The van der Waals surface area contributed by atoms with Crippen molar-refractivity contribution in [1.29, 1.82) is 0 Å². The molecule has 1 amide bonds. The number of hydrogen-bond acceptors (Lipinski definition) is 6. The summed E-state index contributed by atoms with van der Waals surface area (Å²) < 4.78 is 5.31. The zero-order chi connectivity index (χ0) is 24.3. The fourth-order valence-corrected chi connectivity index (χ4v) is 5.70. The predicted octanol–water partition coefficient (Wildman–Crippen LogP) is 4.61. The van der Waals surface area contributed by atoms with Crippen molar-refractivity contribution < 1.29 is 14.6 Å². The van der Waals surface area contributed by atoms with Crippen molar-refractivity contribution in [2.24, 2.45) is 5.92 Å². The summed E-state index contributed by atoms with van der Waals surface area (Å²) >= 11 is 0. The minimum Gasteiger partial charge on any atom is -0.497 e. The van der Waals surface area contributed by atoms with E-state index >= 15 is 0 Å². The number of anilines is 2. The maximum atomic E-state index is 13.8. The highest BCUT2D eigenvalue weighted by Gasteiger charge is 2.49. The van der Waals surface area contributed by atoms with Crippen LogP contribution < -0.4 is 10.1 Å². The molecule has 1 saturated carbocycles. The van der Waals surface area contributed by atoms with Gasteiger partial charge in [-0.3, -0.25) is 4.79 Å². The van der Waals surface area contributed by atoms with Crippen LogP contribution in [0.15, 0.2) is 67.0 Å². The van der Waals surface area contributed by atoms with Crippen molar-refractivity contribution in [2.75, 3.05) is 19.0 Å². The van der Waals surface area contributed by atoms with Crippen LogP contribution in [-0.4, -0.2) is 51.2 Å². The third kappa shape index (κ3) is 5.00. The summed E-state index contributed by atoms with van der Waals surface area (Å²) in [5, 5.41) is 14.7. The van der Waals surface area contributed by atoms with Gasteiger partial charge in [-0.05, 0) is 67.6 Å². The van der Waals surface area contributed by atoms with Crippen molar-refractivity contribution in [3.8, 4) is 5.75 Å². The van der Waals surface area contributed by atoms with E-state index in [2.05, 4.69) is 27.4 Å². The summed E-state index contributed by atoms with van der Waals surface area (Å²) in [4.78, 5) is 24.3. The van der Waals surface area contributed by atoms with E-state index in [0.29, 0.717) is 30.9 Å². The van der Waals surface area contributed by atoms with Gasteiger partial charge in [0.15, 0.2) is 0 Å². The molecule has 1 aliphatic heterocycles. The third-order valence-electron chi connectivity index (χ3n) is 7.51. The average molecular weight is 473 g/mol. The van der Waals surface area contributed by atoms with Crippen LogP contribution in [0.25, 0.3) is 0 Å². The van der Waals surface area contributed by atoms with Crippen LogP contribution >= 0.6 is 0 Å². The second-order valence-electron chi connectivity index (χ2n) is 9.60. The highest BCUT2D eigenvalue weighted by Crippen LogP contribution is 2.44. The Balaban J connectivity index is 1.42. The van der Waals surface area contributed by atoms with Crippen LogP contribution in [0, 0.1) is 5.92 Å². The number of benzene rings is 2. The molecule has 2 heterocycles. The fourth-order valence-electron chi connectivity index (χ4n) is 5.70. The number of rotatable bonds is 6. The van der Waals surface area contributed by atoms with Crippen molar-refractivity contribution in [3.63, 3.8) is 0 Å². The van der Waals surface area contributed by atoms with Gasteiger partial charge in [0.05, 0.1) is 12.7 Å². The third-order valence-corrected chi connectivity index (χ3v) is 7.51. The van der Waals surface area contributed by atoms with Crippen molar-refractivity contribution in [3.05, 3.63) is 78.1 Å². The largest absolute Gasteiger partial charge is 0.497 e. The zero-order valence-electron chi connectivity index (χ0n) is 20.1. The summed E-state index contributed by atoms with van der Waals surface area (Å²) in [5.41, 5.74) is 1.83. The van der Waals surface area contributed by atoms with Gasteiger partial charge < -0.3 is 20.1 Å². The van der Waals surface area contributed by atoms with E-state index in [1.165, 1.54) is 0 Å². The average Bonchev–Trinajstić information content (AvgIpc) is 2.89. The Hall–Kier alpha value is -3.45. The topological polar surface area (TPSA) is 87.6 Å². The number of nitrogens with one attached hydrogen (secondary N) is 1. The molecule has 7 heteroatoms. The first-order valence-corrected chi connectivity index (χ1v) is 12.4. The molecule has 2 fully saturated rings. The first-order valence-electron chi connectivity index (χ1n) is 12.4. The Morgan fingerprint density at radius 1 is 1.11 bits per heavy atom. The number of fused-ring (bicyclic) bond motifs is 1. The Labute approximate surface area is 206 Å². The molecular formula is C28H32N4O3. The maximum absolute atomic E-state index is 13.8. The lowest BCUT2D eigenvalue weighted by atomic mass is 9.66. The number of carbonyl (C=O) groups excluding carboxylic acids is 1. The van der Waals surface area contributed by atoms with E-state index in [1.807, 2.05) is 41.3 Å². The maximum Gasteiger partial charge on any atom is 0.254 e. The van der Waals surface area contributed by atoms with Gasteiger partial charge in [-0.25, -0.2) is 9.97 Å². The lowest BCUT2D eigenvalue weighted by molar-refractivity contribution is -0.113. The van der Waals surface area contributed by atoms with E-state index in [4.69, 9.17) is 4.74 Å². The van der Waals surface area contributed by atoms with Gasteiger partial charge in [0, 0.05) is 42.1 Å². The Morgan fingerprint density at radius 2 is 1.91 bits per heavy atom. The molecule has 1 aliphatic carbocycles. The number of aromatic nitrogens is 2. The number of likely N-dealkylation sites (tertiary alicyclic amines) is 1. The van der Waals surface area contributed by atoms with E-state index in [1.54, 1.807) is 25.6 Å². The molecular weight excluding hydrogens is 440 g/mol. The zero-order valence-corrected chi connectivity index (χ0v) is 20.1. The standard InChI is InChI=1S/C28H32N4O3/c1-35-23-11-9-20(10-12-23)18-25-24-8-2-3-13-28(24,34)14-17-32(25)26(33)21-6-4-7-22(19-21)31-27-29-15-5-16-30-27/h4-7,9-12,15-16,19,24-25,34H,2-3,8,13-14,17-18H2,1H3,(H,29,30,31)/t24-,25-,28-/m0/s1. The van der Waals surface area contributed by atoms with Gasteiger partial charge in [-0.15, -0.1) is 0 Å². The summed E-state index contributed by atoms with van der Waals surface area (Å²) in [7, 11) is 1.66. The predicted molar refractivity (Wildman–Crippen MR) is 135 cm³/mol. The first-order chi connectivity index (χ1) is 17.1. The number of nitrogens with zero attached hydrogens (tertiary/aromatic N) is 3. The summed E-state index contributed by atoms with van der Waals surface area (Å²) in [6.45, 7) is 0.548. The van der Waals surface area contributed by atoms with Crippen molar-refractivity contribution in [2.45, 2.75) is 50.2 Å². The quantitative estimate of drug-likeness (QED) is 0.545. The fraction of sp³-hybridized carbons (Fsp3) is 0.393. The smallest absolute Gasteiger partial charge is 0.254 e. The van der Waals surface area contributed by atoms with Gasteiger partial charge in [-0.1, -0.05) is 31.0 Å². The molecule has 2 N–H and O–H groups in total. The lowest BCUT2D eigenvalue weighted by Gasteiger charge is -2.52. The number of carbonyl (C=O) groups is 1. The highest BCUT2D eigenvalue weighted by atomic mass is 16.5. The molecule has 5 rings (SSSR count). The lowest BCUT2D eigenvalue weighted by Crippen LogP contribution is -2.61. The van der Waals surface area contributed by atoms with Crippen LogP contribution in [0.1, 0.15) is 48.0 Å². The molecule has 7 nitrogen and oxygen atoms in total. The molecule has 1 saturated heterocycles. The van der Waals surface area contributed by atoms with E-state index in [0.717, 1.165) is 42.7 Å². The van der Waals surface area contributed by atoms with Crippen molar-refractivity contribution >= 4 is 17.5 Å². The molecule has 0 bridgehead atoms. The molecule has 2 aromatic carbocycles. The van der Waals surface area contributed by atoms with Crippen LogP contribution in [0.5, 0.6) is 5.75 Å². The highest BCUT2D eigenvalue weighted by molar-refractivity contribution is 5.95. The summed E-state index contributed by atoms with van der Waals surface area (Å²) in [5.74, 6) is 1.36. The van der Waals surface area contributed by atoms with E-state index < -0.39 is 5.60 Å². The Kier molecular flexibility index (Phi) is 6.68. The van der Waals surface area contributed by atoms with Crippen LogP contribution in [-0.2, 0) is 6.42 Å². The molecule has 0 unspecified atom stereocenters. The second kappa shape index (κ2) is 10.0. The minimum atomic E-state index is -0.694. The Morgan fingerprint density at radius 3 is 2.69 bits per heavy atom. The van der Waals surface area contributed by atoms with Gasteiger partial charge >= 0.3 is 0 Å². The number of methoxy groups -OCH3 is 1. The molecule has 1 aromatic heterocycles. The number of amides is 1. The van der Waals surface area contributed by atoms with Crippen LogP contribution in [0.4, 0.5) is 11.6 Å². The second-order valence-corrected chi connectivity index (χ2v) is 9.60. The molecule has 0 radical (unpaired) electrons.